The average molecular weight is 334 g/mol. The smallest absolute Gasteiger partial charge is 0.251 e. The molecule has 1 aliphatic rings. The Hall–Kier alpha value is -2.72. The zero-order chi connectivity index (χ0) is 17.2. The van der Waals surface area contributed by atoms with Gasteiger partial charge in [0.2, 0.25) is 0 Å². The van der Waals surface area contributed by atoms with Crippen LogP contribution in [-0.4, -0.2) is 12.5 Å². The van der Waals surface area contributed by atoms with Crippen molar-refractivity contribution in [1.29, 1.82) is 0 Å². The Labute approximate surface area is 145 Å². The van der Waals surface area contributed by atoms with E-state index in [0.29, 0.717) is 18.7 Å². The number of nitrogens with one attached hydrogen (secondary N) is 2. The number of amides is 1. The third-order valence-corrected chi connectivity index (χ3v) is 4.74. The molecule has 0 bridgehead atoms. The molecule has 0 atom stereocenters. The van der Waals surface area contributed by atoms with Gasteiger partial charge in [0, 0.05) is 18.7 Å². The Morgan fingerprint density at radius 2 is 1.96 bits per heavy atom. The van der Waals surface area contributed by atoms with E-state index < -0.39 is 0 Å². The van der Waals surface area contributed by atoms with Crippen molar-refractivity contribution in [1.82, 2.24) is 10.6 Å². The second kappa shape index (κ2) is 6.65. The van der Waals surface area contributed by atoms with Crippen LogP contribution in [0.1, 0.15) is 27.0 Å². The Balaban J connectivity index is 1.60. The minimum atomic E-state index is -0.363. The molecule has 25 heavy (non-hydrogen) atoms. The fourth-order valence-electron chi connectivity index (χ4n) is 3.50. The molecule has 1 amide bonds. The number of carbonyl (C=O) groups is 1. The Bertz CT molecular complexity index is 947. The molecule has 0 saturated heterocycles. The molecule has 2 N–H and O–H groups in total. The average Bonchev–Trinajstić information content (AvgIpc) is 2.65. The van der Waals surface area contributed by atoms with Crippen molar-refractivity contribution in [3.8, 4) is 0 Å². The third kappa shape index (κ3) is 3.13. The highest BCUT2D eigenvalue weighted by Crippen LogP contribution is 2.22. The molecule has 0 radical (unpaired) electrons. The lowest BCUT2D eigenvalue weighted by Gasteiger charge is -2.20. The first-order valence-electron chi connectivity index (χ1n) is 8.49. The Kier molecular flexibility index (Phi) is 4.20. The van der Waals surface area contributed by atoms with Gasteiger partial charge in [-0.05, 0) is 52.6 Å². The van der Waals surface area contributed by atoms with Gasteiger partial charge >= 0.3 is 0 Å². The number of carbonyl (C=O) groups excluding carboxylic acids is 1. The van der Waals surface area contributed by atoms with Crippen molar-refractivity contribution in [2.45, 2.75) is 19.5 Å². The van der Waals surface area contributed by atoms with Gasteiger partial charge in [0.05, 0.1) is 0 Å². The van der Waals surface area contributed by atoms with Crippen molar-refractivity contribution in [3.63, 3.8) is 0 Å². The molecule has 0 spiro atoms. The molecule has 3 aromatic carbocycles. The zero-order valence-corrected chi connectivity index (χ0v) is 13.8. The van der Waals surface area contributed by atoms with E-state index in [1.807, 2.05) is 30.3 Å². The lowest BCUT2D eigenvalue weighted by molar-refractivity contribution is 0.0949. The van der Waals surface area contributed by atoms with Gasteiger partial charge in [0.15, 0.2) is 0 Å². The monoisotopic (exact) mass is 334 g/mol. The summed E-state index contributed by atoms with van der Waals surface area (Å²) < 4.78 is 13.9. The number of hydrogen-bond donors (Lipinski definition) is 2. The number of benzene rings is 3. The molecule has 0 aliphatic carbocycles. The highest BCUT2D eigenvalue weighted by molar-refractivity contribution is 5.96. The van der Waals surface area contributed by atoms with Crippen LogP contribution in [-0.2, 0) is 19.5 Å². The summed E-state index contributed by atoms with van der Waals surface area (Å²) in [5.74, 6) is -0.580. The van der Waals surface area contributed by atoms with Crippen molar-refractivity contribution in [2.75, 3.05) is 6.54 Å². The summed E-state index contributed by atoms with van der Waals surface area (Å²) in [5.41, 5.74) is 3.34. The topological polar surface area (TPSA) is 41.1 Å². The summed E-state index contributed by atoms with van der Waals surface area (Å²) in [7, 11) is 0. The first-order chi connectivity index (χ1) is 12.2. The van der Waals surface area contributed by atoms with Gasteiger partial charge in [0.1, 0.15) is 5.82 Å². The van der Waals surface area contributed by atoms with Crippen LogP contribution in [0.25, 0.3) is 10.8 Å². The van der Waals surface area contributed by atoms with Gasteiger partial charge in [-0.15, -0.1) is 0 Å². The van der Waals surface area contributed by atoms with Crippen LogP contribution in [0.5, 0.6) is 0 Å². The maximum Gasteiger partial charge on any atom is 0.251 e. The van der Waals surface area contributed by atoms with E-state index in [0.717, 1.165) is 40.4 Å². The van der Waals surface area contributed by atoms with Gasteiger partial charge in [-0.1, -0.05) is 42.5 Å². The van der Waals surface area contributed by atoms with Gasteiger partial charge in [0.25, 0.3) is 5.91 Å². The zero-order valence-electron chi connectivity index (χ0n) is 13.8. The quantitative estimate of drug-likeness (QED) is 0.769. The first-order valence-corrected chi connectivity index (χ1v) is 8.49. The van der Waals surface area contributed by atoms with Crippen molar-refractivity contribution in [3.05, 3.63) is 82.7 Å². The summed E-state index contributed by atoms with van der Waals surface area (Å²) in [6.45, 7) is 1.84. The van der Waals surface area contributed by atoms with E-state index in [1.165, 1.54) is 12.1 Å². The van der Waals surface area contributed by atoms with E-state index >= 15 is 0 Å². The second-order valence-corrected chi connectivity index (χ2v) is 6.34. The number of fused-ring (bicyclic) bond motifs is 2. The van der Waals surface area contributed by atoms with E-state index in [4.69, 9.17) is 0 Å². The lowest BCUT2D eigenvalue weighted by atomic mass is 9.94. The van der Waals surface area contributed by atoms with Gasteiger partial charge < -0.3 is 10.6 Å². The van der Waals surface area contributed by atoms with Crippen molar-refractivity contribution in [2.24, 2.45) is 0 Å². The molecule has 4 rings (SSSR count). The summed E-state index contributed by atoms with van der Waals surface area (Å²) in [5, 5.41) is 8.44. The molecule has 3 nitrogen and oxygen atoms in total. The van der Waals surface area contributed by atoms with E-state index in [1.54, 1.807) is 0 Å². The molecule has 126 valence electrons. The fourth-order valence-corrected chi connectivity index (χ4v) is 3.50. The van der Waals surface area contributed by atoms with E-state index in [2.05, 4.69) is 22.8 Å². The predicted molar refractivity (Wildman–Crippen MR) is 96.9 cm³/mol. The molecule has 0 saturated carbocycles. The normalized spacial score (nSPS) is 13.5. The minimum Gasteiger partial charge on any atom is -0.348 e. The highest BCUT2D eigenvalue weighted by Gasteiger charge is 2.19. The van der Waals surface area contributed by atoms with Crippen LogP contribution < -0.4 is 10.6 Å². The minimum absolute atomic E-state index is 0.217. The molecule has 4 heteroatoms. The fraction of sp³-hybridized carbons (Fsp3) is 0.190. The molecular formula is C21H19FN2O. The Morgan fingerprint density at radius 1 is 1.12 bits per heavy atom. The van der Waals surface area contributed by atoms with Gasteiger partial charge in [-0.2, -0.15) is 0 Å². The summed E-state index contributed by atoms with van der Waals surface area (Å²) in [6, 6.07) is 17.0. The molecule has 0 aromatic heterocycles. The highest BCUT2D eigenvalue weighted by atomic mass is 19.1. The number of rotatable bonds is 3. The van der Waals surface area contributed by atoms with Gasteiger partial charge in [-0.25, -0.2) is 4.39 Å². The van der Waals surface area contributed by atoms with Crippen LogP contribution >= 0.6 is 0 Å². The summed E-state index contributed by atoms with van der Waals surface area (Å²) in [4.78, 5) is 12.7. The van der Waals surface area contributed by atoms with E-state index in [-0.39, 0.29) is 11.7 Å². The Morgan fingerprint density at radius 3 is 2.88 bits per heavy atom. The van der Waals surface area contributed by atoms with Crippen LogP contribution in [0, 0.1) is 5.82 Å². The standard InChI is InChI=1S/C21H19FN2O/c22-17-10-16-12-23-9-8-19(16)20(11-17)21(25)24-13-15-6-3-5-14-4-1-2-7-18(14)15/h1-7,10-11,23H,8-9,12-13H2,(H,24,25). The number of halogens is 1. The molecule has 1 heterocycles. The SMILES string of the molecule is O=C(NCc1cccc2ccccc12)c1cc(F)cc2c1CCNC2. The summed E-state index contributed by atoms with van der Waals surface area (Å²) >= 11 is 0. The van der Waals surface area contributed by atoms with Gasteiger partial charge in [-0.3, -0.25) is 4.79 Å². The lowest BCUT2D eigenvalue weighted by Crippen LogP contribution is -2.29. The number of hydrogen-bond acceptors (Lipinski definition) is 2. The first kappa shape index (κ1) is 15.8. The molecular weight excluding hydrogens is 315 g/mol. The van der Waals surface area contributed by atoms with Crippen LogP contribution in [0.2, 0.25) is 0 Å². The van der Waals surface area contributed by atoms with Crippen molar-refractivity contribution < 1.29 is 9.18 Å². The molecule has 1 aliphatic heterocycles. The predicted octanol–water partition coefficient (Wildman–Crippen LogP) is 3.55. The second-order valence-electron chi connectivity index (χ2n) is 6.34. The molecule has 0 fully saturated rings. The van der Waals surface area contributed by atoms with Crippen LogP contribution in [0.3, 0.4) is 0 Å². The maximum atomic E-state index is 13.9. The van der Waals surface area contributed by atoms with Crippen molar-refractivity contribution >= 4 is 16.7 Å². The maximum absolute atomic E-state index is 13.9. The third-order valence-electron chi connectivity index (χ3n) is 4.74. The van der Waals surface area contributed by atoms with Crippen LogP contribution in [0.4, 0.5) is 4.39 Å². The summed E-state index contributed by atoms with van der Waals surface area (Å²) in [6.07, 6.45) is 0.743. The van der Waals surface area contributed by atoms with E-state index in [9.17, 15) is 9.18 Å². The van der Waals surface area contributed by atoms with Crippen LogP contribution in [0.15, 0.2) is 54.6 Å². The molecule has 0 unspecified atom stereocenters. The largest absolute Gasteiger partial charge is 0.348 e. The molecule has 3 aromatic rings.